The normalized spacial score (nSPS) is 18.2. The van der Waals surface area contributed by atoms with Crippen molar-refractivity contribution < 1.29 is 0 Å². The van der Waals surface area contributed by atoms with Crippen LogP contribution in [0.5, 0.6) is 0 Å². The first-order valence-electron chi connectivity index (χ1n) is 7.93. The van der Waals surface area contributed by atoms with Gasteiger partial charge in [-0.1, -0.05) is 56.4 Å². The predicted molar refractivity (Wildman–Crippen MR) is 84.5 cm³/mol. The Morgan fingerprint density at radius 1 is 1.10 bits per heavy atom. The summed E-state index contributed by atoms with van der Waals surface area (Å²) >= 11 is 0. The lowest BCUT2D eigenvalue weighted by molar-refractivity contribution is 0.324. The number of benzene rings is 1. The minimum absolute atomic E-state index is 0.121. The van der Waals surface area contributed by atoms with E-state index in [-0.39, 0.29) is 6.04 Å². The van der Waals surface area contributed by atoms with Crippen molar-refractivity contribution >= 4 is 10.8 Å². The zero-order valence-electron chi connectivity index (χ0n) is 12.1. The highest BCUT2D eigenvalue weighted by Gasteiger charge is 2.16. The summed E-state index contributed by atoms with van der Waals surface area (Å²) in [5.41, 5.74) is 7.65. The maximum absolute atomic E-state index is 6.44. The van der Waals surface area contributed by atoms with Crippen LogP contribution in [0.2, 0.25) is 0 Å². The number of hydrogen-bond donors (Lipinski definition) is 1. The lowest BCUT2D eigenvalue weighted by Crippen LogP contribution is -2.14. The fourth-order valence-electron chi connectivity index (χ4n) is 3.48. The average molecular weight is 268 g/mol. The Morgan fingerprint density at radius 2 is 1.90 bits per heavy atom. The fraction of sp³-hybridized carbons (Fsp3) is 0.500. The Hall–Kier alpha value is -1.41. The van der Waals surface area contributed by atoms with Crippen LogP contribution < -0.4 is 5.73 Å². The van der Waals surface area contributed by atoms with Crippen LogP contribution in [-0.4, -0.2) is 4.98 Å². The van der Waals surface area contributed by atoms with Crippen molar-refractivity contribution in [3.05, 3.63) is 42.2 Å². The second kappa shape index (κ2) is 6.36. The molecule has 1 fully saturated rings. The van der Waals surface area contributed by atoms with Gasteiger partial charge >= 0.3 is 0 Å². The summed E-state index contributed by atoms with van der Waals surface area (Å²) in [6.07, 6.45) is 13.3. The zero-order chi connectivity index (χ0) is 13.8. The van der Waals surface area contributed by atoms with E-state index in [4.69, 9.17) is 5.73 Å². The summed E-state index contributed by atoms with van der Waals surface area (Å²) in [6.45, 7) is 0. The smallest absolute Gasteiger partial charge is 0.0346 e. The number of pyridine rings is 1. The Kier molecular flexibility index (Phi) is 4.31. The van der Waals surface area contributed by atoms with Crippen LogP contribution in [-0.2, 0) is 0 Å². The molecule has 1 saturated carbocycles. The van der Waals surface area contributed by atoms with Crippen molar-refractivity contribution in [2.24, 2.45) is 11.7 Å². The lowest BCUT2D eigenvalue weighted by Gasteiger charge is -2.23. The fourth-order valence-corrected chi connectivity index (χ4v) is 3.48. The van der Waals surface area contributed by atoms with Gasteiger partial charge in [-0.3, -0.25) is 4.98 Å². The molecular formula is C18H24N2. The molecule has 2 nitrogen and oxygen atoms in total. The van der Waals surface area contributed by atoms with Gasteiger partial charge in [0.2, 0.25) is 0 Å². The van der Waals surface area contributed by atoms with Crippen molar-refractivity contribution in [3.63, 3.8) is 0 Å². The van der Waals surface area contributed by atoms with E-state index < -0.39 is 0 Å². The third kappa shape index (κ3) is 3.01. The number of fused-ring (bicyclic) bond motifs is 1. The van der Waals surface area contributed by atoms with E-state index >= 15 is 0 Å². The van der Waals surface area contributed by atoms with Gasteiger partial charge in [0.05, 0.1) is 0 Å². The molecule has 2 aromatic rings. The highest BCUT2D eigenvalue weighted by atomic mass is 14.7. The molecule has 1 aliphatic carbocycles. The monoisotopic (exact) mass is 268 g/mol. The minimum Gasteiger partial charge on any atom is -0.324 e. The second-order valence-corrected chi connectivity index (χ2v) is 6.14. The second-order valence-electron chi connectivity index (χ2n) is 6.14. The number of aromatic nitrogens is 1. The highest BCUT2D eigenvalue weighted by molar-refractivity contribution is 5.84. The van der Waals surface area contributed by atoms with Crippen LogP contribution in [0, 0.1) is 5.92 Å². The van der Waals surface area contributed by atoms with E-state index in [1.807, 2.05) is 12.4 Å². The minimum atomic E-state index is 0.121. The van der Waals surface area contributed by atoms with E-state index in [9.17, 15) is 0 Å². The molecule has 2 heteroatoms. The summed E-state index contributed by atoms with van der Waals surface area (Å²) in [4.78, 5) is 4.35. The molecule has 1 unspecified atom stereocenters. The molecule has 0 amide bonds. The largest absolute Gasteiger partial charge is 0.324 e. The number of rotatable bonds is 4. The zero-order valence-corrected chi connectivity index (χ0v) is 12.1. The van der Waals surface area contributed by atoms with E-state index in [2.05, 4.69) is 29.2 Å². The Balaban J connectivity index is 1.70. The van der Waals surface area contributed by atoms with Crippen molar-refractivity contribution in [2.75, 3.05) is 0 Å². The molecule has 1 aromatic carbocycles. The highest BCUT2D eigenvalue weighted by Crippen LogP contribution is 2.31. The van der Waals surface area contributed by atoms with Crippen molar-refractivity contribution in [1.82, 2.24) is 4.98 Å². The Morgan fingerprint density at radius 3 is 2.75 bits per heavy atom. The number of nitrogens with zero attached hydrogens (tertiary/aromatic N) is 1. The standard InChI is InChI=1S/C18H24N2/c19-18(11-10-14-6-2-1-3-7-14)17-13-20-12-15-8-4-5-9-16(15)17/h4-5,8-9,12-14,18H,1-3,6-7,10-11,19H2. The van der Waals surface area contributed by atoms with Gasteiger partial charge < -0.3 is 5.73 Å². The van der Waals surface area contributed by atoms with Crippen LogP contribution in [0.1, 0.15) is 56.6 Å². The van der Waals surface area contributed by atoms with Crippen LogP contribution in [0.3, 0.4) is 0 Å². The van der Waals surface area contributed by atoms with E-state index in [0.717, 1.165) is 12.3 Å². The van der Waals surface area contributed by atoms with Gasteiger partial charge in [0, 0.05) is 23.8 Å². The first-order valence-corrected chi connectivity index (χ1v) is 7.93. The first-order chi connectivity index (χ1) is 9.84. The molecule has 1 aromatic heterocycles. The summed E-state index contributed by atoms with van der Waals surface area (Å²) in [6, 6.07) is 8.53. The van der Waals surface area contributed by atoms with Crippen molar-refractivity contribution in [2.45, 2.75) is 51.0 Å². The third-order valence-electron chi connectivity index (χ3n) is 4.71. The van der Waals surface area contributed by atoms with E-state index in [1.165, 1.54) is 54.9 Å². The van der Waals surface area contributed by atoms with Gasteiger partial charge in [0.15, 0.2) is 0 Å². The summed E-state index contributed by atoms with van der Waals surface area (Å²) in [7, 11) is 0. The lowest BCUT2D eigenvalue weighted by atomic mass is 9.84. The van der Waals surface area contributed by atoms with Gasteiger partial charge in [0.1, 0.15) is 0 Å². The van der Waals surface area contributed by atoms with Gasteiger partial charge in [0.25, 0.3) is 0 Å². The van der Waals surface area contributed by atoms with Gasteiger partial charge in [-0.15, -0.1) is 0 Å². The van der Waals surface area contributed by atoms with E-state index in [1.54, 1.807) is 0 Å². The molecule has 3 rings (SSSR count). The molecule has 106 valence electrons. The van der Waals surface area contributed by atoms with Crippen molar-refractivity contribution in [3.8, 4) is 0 Å². The molecule has 0 bridgehead atoms. The van der Waals surface area contributed by atoms with Crippen LogP contribution in [0.15, 0.2) is 36.7 Å². The molecule has 0 aliphatic heterocycles. The summed E-state index contributed by atoms with van der Waals surface area (Å²) < 4.78 is 0. The van der Waals surface area contributed by atoms with Crippen LogP contribution >= 0.6 is 0 Å². The summed E-state index contributed by atoms with van der Waals surface area (Å²) in [5.74, 6) is 0.901. The molecule has 0 radical (unpaired) electrons. The topological polar surface area (TPSA) is 38.9 Å². The Bertz CT molecular complexity index is 553. The third-order valence-corrected chi connectivity index (χ3v) is 4.71. The van der Waals surface area contributed by atoms with Gasteiger partial charge in [-0.05, 0) is 29.7 Å². The van der Waals surface area contributed by atoms with Crippen molar-refractivity contribution in [1.29, 1.82) is 0 Å². The van der Waals surface area contributed by atoms with Crippen LogP contribution in [0.4, 0.5) is 0 Å². The predicted octanol–water partition coefficient (Wildman–Crippen LogP) is 4.60. The molecule has 2 N–H and O–H groups in total. The average Bonchev–Trinajstić information content (AvgIpc) is 2.53. The quantitative estimate of drug-likeness (QED) is 0.880. The van der Waals surface area contributed by atoms with Gasteiger partial charge in [-0.2, -0.15) is 0 Å². The number of hydrogen-bond acceptors (Lipinski definition) is 2. The number of nitrogens with two attached hydrogens (primary N) is 1. The molecule has 1 atom stereocenters. The Labute approximate surface area is 121 Å². The SMILES string of the molecule is NC(CCC1CCCCC1)c1cncc2ccccc12. The molecule has 20 heavy (non-hydrogen) atoms. The molecule has 0 saturated heterocycles. The van der Waals surface area contributed by atoms with E-state index in [0.29, 0.717) is 0 Å². The van der Waals surface area contributed by atoms with Gasteiger partial charge in [-0.25, -0.2) is 0 Å². The first kappa shape index (κ1) is 13.6. The molecule has 0 spiro atoms. The maximum Gasteiger partial charge on any atom is 0.0346 e. The summed E-state index contributed by atoms with van der Waals surface area (Å²) in [5, 5.41) is 2.46. The maximum atomic E-state index is 6.44. The molecule has 1 heterocycles. The van der Waals surface area contributed by atoms with Crippen LogP contribution in [0.25, 0.3) is 10.8 Å². The molecular weight excluding hydrogens is 244 g/mol. The molecule has 1 aliphatic rings.